The molecule has 0 N–H and O–H groups in total. The number of hydrogen-bond acceptors (Lipinski definition) is 5. The molecule has 0 saturated carbocycles. The van der Waals surface area contributed by atoms with Crippen molar-refractivity contribution in [3.05, 3.63) is 65.5 Å². The van der Waals surface area contributed by atoms with Crippen LogP contribution in [0.25, 0.3) is 5.69 Å². The minimum Gasteiger partial charge on any atom is -0.497 e. The fourth-order valence-corrected chi connectivity index (χ4v) is 4.69. The first-order chi connectivity index (χ1) is 16.5. The van der Waals surface area contributed by atoms with Crippen LogP contribution in [0.5, 0.6) is 5.75 Å². The van der Waals surface area contributed by atoms with E-state index in [2.05, 4.69) is 5.10 Å². The average molecular weight is 459 g/mol. The van der Waals surface area contributed by atoms with E-state index in [1.807, 2.05) is 36.4 Å². The largest absolute Gasteiger partial charge is 0.497 e. The highest BCUT2D eigenvalue weighted by molar-refractivity contribution is 6.09. The summed E-state index contributed by atoms with van der Waals surface area (Å²) in [7, 11) is 1.59. The second-order valence-electron chi connectivity index (χ2n) is 8.57. The van der Waals surface area contributed by atoms with Gasteiger partial charge in [-0.05, 0) is 67.8 Å². The molecule has 34 heavy (non-hydrogen) atoms. The molecule has 8 heteroatoms. The van der Waals surface area contributed by atoms with Gasteiger partial charge >= 0.3 is 0 Å². The lowest BCUT2D eigenvalue weighted by Gasteiger charge is -2.29. The Morgan fingerprint density at radius 3 is 2.12 bits per heavy atom. The smallest absolute Gasteiger partial charge is 0.277 e. The van der Waals surface area contributed by atoms with Crippen LogP contribution in [0.15, 0.2) is 48.5 Å². The lowest BCUT2D eigenvalue weighted by molar-refractivity contribution is -0.119. The van der Waals surface area contributed by atoms with Gasteiger partial charge in [0.05, 0.1) is 12.8 Å². The minimum atomic E-state index is -0.209. The number of nitrogens with zero attached hydrogens (tertiary/aromatic N) is 4. The van der Waals surface area contributed by atoms with E-state index in [0.29, 0.717) is 47.8 Å². The predicted octanol–water partition coefficient (Wildman–Crippen LogP) is 3.80. The van der Waals surface area contributed by atoms with Crippen LogP contribution in [0.4, 0.5) is 11.4 Å². The third-order valence-electron chi connectivity index (χ3n) is 6.46. The van der Waals surface area contributed by atoms with Crippen LogP contribution in [-0.2, 0) is 11.2 Å². The van der Waals surface area contributed by atoms with Crippen LogP contribution in [0.3, 0.4) is 0 Å². The van der Waals surface area contributed by atoms with E-state index in [4.69, 9.17) is 4.74 Å². The Kier molecular flexibility index (Phi) is 5.65. The zero-order valence-corrected chi connectivity index (χ0v) is 19.3. The van der Waals surface area contributed by atoms with Gasteiger partial charge in [-0.2, -0.15) is 5.10 Å². The highest BCUT2D eigenvalue weighted by atomic mass is 16.5. The number of amides is 2. The highest BCUT2D eigenvalue weighted by Crippen LogP contribution is 2.31. The van der Waals surface area contributed by atoms with E-state index < -0.39 is 0 Å². The van der Waals surface area contributed by atoms with Crippen molar-refractivity contribution in [3.63, 3.8) is 0 Å². The zero-order chi connectivity index (χ0) is 23.8. The van der Waals surface area contributed by atoms with Crippen LogP contribution >= 0.6 is 0 Å². The average Bonchev–Trinajstić information content (AvgIpc) is 3.26. The van der Waals surface area contributed by atoms with Gasteiger partial charge in [-0.1, -0.05) is 0 Å². The fourth-order valence-electron chi connectivity index (χ4n) is 4.69. The van der Waals surface area contributed by atoms with Gasteiger partial charge in [0.15, 0.2) is 5.78 Å². The molecule has 0 bridgehead atoms. The van der Waals surface area contributed by atoms with Crippen LogP contribution < -0.4 is 14.5 Å². The first-order valence-electron chi connectivity index (χ1n) is 11.5. The fraction of sp³-hybridized carbons (Fsp3) is 0.308. The number of Topliss-reactive ketones (excluding diaryl/α,β-unsaturated/α-hetero) is 1. The summed E-state index contributed by atoms with van der Waals surface area (Å²) in [5, 5.41) is 4.51. The molecule has 2 amide bonds. The molecule has 0 spiro atoms. The molecule has 1 saturated heterocycles. The number of benzene rings is 2. The predicted molar refractivity (Wildman–Crippen MR) is 128 cm³/mol. The Morgan fingerprint density at radius 1 is 0.853 bits per heavy atom. The monoisotopic (exact) mass is 458 g/mol. The van der Waals surface area contributed by atoms with E-state index >= 15 is 0 Å². The molecule has 2 aromatic carbocycles. The lowest BCUT2D eigenvalue weighted by Crippen LogP contribution is -2.39. The Bertz CT molecular complexity index is 1260. The molecule has 3 heterocycles. The van der Waals surface area contributed by atoms with Crippen molar-refractivity contribution in [1.29, 1.82) is 0 Å². The molecule has 0 aliphatic carbocycles. The number of fused-ring (bicyclic) bond motifs is 1. The van der Waals surface area contributed by atoms with Crippen molar-refractivity contribution in [3.8, 4) is 11.4 Å². The Morgan fingerprint density at radius 2 is 1.50 bits per heavy atom. The number of aromatic nitrogens is 2. The number of carbonyl (C=O) groups excluding carboxylic acids is 3. The topological polar surface area (TPSA) is 84.7 Å². The maximum absolute atomic E-state index is 13.7. The van der Waals surface area contributed by atoms with Crippen molar-refractivity contribution in [1.82, 2.24) is 9.78 Å². The van der Waals surface area contributed by atoms with Crippen LogP contribution in [0, 0.1) is 0 Å². The summed E-state index contributed by atoms with van der Waals surface area (Å²) < 4.78 is 6.79. The van der Waals surface area contributed by atoms with Crippen LogP contribution in [0.2, 0.25) is 0 Å². The molecule has 0 atom stereocenters. The quantitative estimate of drug-likeness (QED) is 0.543. The third-order valence-corrected chi connectivity index (χ3v) is 6.46. The standard InChI is InChI=1S/C26H26N4O4/c1-17(31)24-22-14-16-29(19-8-6-18(7-9-19)28-15-4-3-5-23(28)32)26(33)25(22)30(27-24)20-10-12-21(34-2)13-11-20/h6-13H,3-5,14-16H2,1-2H3. The van der Waals surface area contributed by atoms with Gasteiger partial charge in [-0.15, -0.1) is 0 Å². The summed E-state index contributed by atoms with van der Waals surface area (Å²) in [5.41, 5.74) is 3.69. The molecule has 2 aliphatic rings. The summed E-state index contributed by atoms with van der Waals surface area (Å²) >= 11 is 0. The van der Waals surface area contributed by atoms with Crippen molar-refractivity contribution in [2.75, 3.05) is 30.0 Å². The molecule has 0 unspecified atom stereocenters. The number of methoxy groups -OCH3 is 1. The normalized spacial score (nSPS) is 15.9. The van der Waals surface area contributed by atoms with Gasteiger partial charge < -0.3 is 14.5 Å². The Labute approximate surface area is 197 Å². The second-order valence-corrected chi connectivity index (χ2v) is 8.57. The molecule has 174 valence electrons. The number of piperidine rings is 1. The minimum absolute atomic E-state index is 0.137. The maximum Gasteiger partial charge on any atom is 0.277 e. The number of hydrogen-bond donors (Lipinski definition) is 0. The van der Waals surface area contributed by atoms with E-state index in [-0.39, 0.29) is 17.6 Å². The van der Waals surface area contributed by atoms with E-state index in [1.54, 1.807) is 33.7 Å². The number of anilines is 2. The van der Waals surface area contributed by atoms with E-state index in [1.165, 1.54) is 6.92 Å². The van der Waals surface area contributed by atoms with Crippen LogP contribution in [-0.4, -0.2) is 47.6 Å². The Balaban J connectivity index is 1.49. The molecular weight excluding hydrogens is 432 g/mol. The van der Waals surface area contributed by atoms with Gasteiger partial charge in [0, 0.05) is 43.4 Å². The lowest BCUT2D eigenvalue weighted by atomic mass is 10.0. The number of ether oxygens (including phenoxy) is 1. The first-order valence-corrected chi connectivity index (χ1v) is 11.5. The number of ketones is 1. The van der Waals surface area contributed by atoms with Gasteiger partial charge in [0.2, 0.25) is 5.91 Å². The molecule has 1 aromatic heterocycles. The SMILES string of the molecule is COc1ccc(-n2nc(C(C)=O)c3c2C(=O)N(c2ccc(N4CCCCC4=O)cc2)CC3)cc1. The van der Waals surface area contributed by atoms with Gasteiger partial charge in [0.25, 0.3) is 5.91 Å². The summed E-state index contributed by atoms with van der Waals surface area (Å²) in [6.45, 7) is 2.64. The molecule has 3 aromatic rings. The summed E-state index contributed by atoms with van der Waals surface area (Å²) in [4.78, 5) is 41.7. The highest BCUT2D eigenvalue weighted by Gasteiger charge is 2.34. The third kappa shape index (κ3) is 3.75. The van der Waals surface area contributed by atoms with E-state index in [0.717, 1.165) is 30.8 Å². The molecule has 1 fully saturated rings. The Hall–Kier alpha value is -3.94. The van der Waals surface area contributed by atoms with Crippen molar-refractivity contribution in [2.24, 2.45) is 0 Å². The van der Waals surface area contributed by atoms with Crippen molar-refractivity contribution in [2.45, 2.75) is 32.6 Å². The first kappa shape index (κ1) is 21.9. The van der Waals surface area contributed by atoms with Crippen LogP contribution in [0.1, 0.15) is 52.7 Å². The number of rotatable bonds is 5. The van der Waals surface area contributed by atoms with Gasteiger partial charge in [-0.25, -0.2) is 4.68 Å². The maximum atomic E-state index is 13.7. The molecule has 0 radical (unpaired) electrons. The van der Waals surface area contributed by atoms with Crippen molar-refractivity contribution < 1.29 is 19.1 Å². The molecule has 5 rings (SSSR count). The molecule has 2 aliphatic heterocycles. The van der Waals surface area contributed by atoms with Gasteiger partial charge in [-0.3, -0.25) is 14.4 Å². The summed E-state index contributed by atoms with van der Waals surface area (Å²) in [5.74, 6) is 0.453. The molecular formula is C26H26N4O4. The van der Waals surface area contributed by atoms with Gasteiger partial charge in [0.1, 0.15) is 17.1 Å². The summed E-state index contributed by atoms with van der Waals surface area (Å²) in [6.07, 6.45) is 3.03. The number of carbonyl (C=O) groups is 3. The van der Waals surface area contributed by atoms with Crippen molar-refractivity contribution >= 4 is 29.0 Å². The van der Waals surface area contributed by atoms with E-state index in [9.17, 15) is 14.4 Å². The summed E-state index contributed by atoms with van der Waals surface area (Å²) in [6, 6.07) is 14.7. The zero-order valence-electron chi connectivity index (χ0n) is 19.3. The molecule has 8 nitrogen and oxygen atoms in total. The second kappa shape index (κ2) is 8.78.